The second kappa shape index (κ2) is 8.00. The molecule has 4 rings (SSSR count). The monoisotopic (exact) mass is 398 g/mol. The first kappa shape index (κ1) is 19.1. The molecule has 2 aromatic heterocycles. The van der Waals surface area contributed by atoms with Gasteiger partial charge < -0.3 is 10.2 Å². The third-order valence-electron chi connectivity index (χ3n) is 4.63. The van der Waals surface area contributed by atoms with Crippen LogP contribution >= 0.6 is 0 Å². The highest BCUT2D eigenvalue weighted by atomic mass is 16.3. The summed E-state index contributed by atoms with van der Waals surface area (Å²) in [5.74, 6) is -0.582. The van der Waals surface area contributed by atoms with Gasteiger partial charge in [-0.3, -0.25) is 9.78 Å². The molecule has 0 spiro atoms. The van der Waals surface area contributed by atoms with Crippen molar-refractivity contribution in [2.75, 3.05) is 0 Å². The van der Waals surface area contributed by atoms with Crippen molar-refractivity contribution in [1.82, 2.24) is 15.4 Å². The van der Waals surface area contributed by atoms with Crippen LogP contribution in [0.25, 0.3) is 22.2 Å². The summed E-state index contributed by atoms with van der Waals surface area (Å²) in [6.45, 7) is 1.65. The number of amides is 1. The topological polar surface area (TPSA) is 108 Å². The Kier molecular flexibility index (Phi) is 5.09. The first-order chi connectivity index (χ1) is 14.5. The zero-order chi connectivity index (χ0) is 21.1. The maximum atomic E-state index is 13.0. The molecular formula is C23H18N4O3. The molecule has 2 aromatic carbocycles. The minimum atomic E-state index is -0.401. The highest BCUT2D eigenvalue weighted by molar-refractivity contribution is 6.08. The van der Waals surface area contributed by atoms with Crippen LogP contribution in [0, 0.1) is 0 Å². The predicted octanol–water partition coefficient (Wildman–Crippen LogP) is 3.86. The maximum Gasteiger partial charge on any atom is 0.272 e. The summed E-state index contributed by atoms with van der Waals surface area (Å²) in [7, 11) is 0. The second-order valence-corrected chi connectivity index (χ2v) is 6.65. The Hall–Kier alpha value is -4.26. The highest BCUT2D eigenvalue weighted by Crippen LogP contribution is 2.25. The largest absolute Gasteiger partial charge is 0.508 e. The molecule has 0 bridgehead atoms. The Balaban J connectivity index is 1.70. The minimum absolute atomic E-state index is 0.0556. The van der Waals surface area contributed by atoms with Crippen molar-refractivity contribution in [3.05, 3.63) is 84.2 Å². The third-order valence-corrected chi connectivity index (χ3v) is 4.63. The number of para-hydroxylation sites is 1. The Labute approximate surface area is 172 Å². The van der Waals surface area contributed by atoms with Gasteiger partial charge in [0.1, 0.15) is 11.5 Å². The molecule has 0 aliphatic carbocycles. The van der Waals surface area contributed by atoms with E-state index < -0.39 is 5.91 Å². The molecule has 2 heterocycles. The van der Waals surface area contributed by atoms with Gasteiger partial charge in [-0.15, -0.1) is 0 Å². The van der Waals surface area contributed by atoms with E-state index in [9.17, 15) is 15.0 Å². The predicted molar refractivity (Wildman–Crippen MR) is 114 cm³/mol. The molecule has 4 aromatic rings. The van der Waals surface area contributed by atoms with Gasteiger partial charge in [0.05, 0.1) is 22.5 Å². The van der Waals surface area contributed by atoms with Gasteiger partial charge in [-0.1, -0.05) is 18.2 Å². The number of rotatable bonds is 4. The van der Waals surface area contributed by atoms with Crippen LogP contribution < -0.4 is 5.43 Å². The number of nitrogens with zero attached hydrogens (tertiary/aromatic N) is 3. The number of carbonyl (C=O) groups is 1. The number of hydrazone groups is 1. The normalized spacial score (nSPS) is 11.4. The summed E-state index contributed by atoms with van der Waals surface area (Å²) in [6, 6.07) is 16.9. The molecule has 1 amide bonds. The summed E-state index contributed by atoms with van der Waals surface area (Å²) in [4.78, 5) is 21.6. The number of fused-ring (bicyclic) bond motifs is 1. The summed E-state index contributed by atoms with van der Waals surface area (Å²) < 4.78 is 0. The number of carbonyl (C=O) groups excluding carboxylic acids is 1. The lowest BCUT2D eigenvalue weighted by Gasteiger charge is -2.10. The molecule has 0 atom stereocenters. The fourth-order valence-electron chi connectivity index (χ4n) is 3.11. The summed E-state index contributed by atoms with van der Waals surface area (Å²) >= 11 is 0. The molecule has 148 valence electrons. The third kappa shape index (κ3) is 3.81. The number of phenols is 2. The fraction of sp³-hybridized carbons (Fsp3) is 0.0435. The van der Waals surface area contributed by atoms with Crippen LogP contribution in [0.1, 0.15) is 22.8 Å². The lowest BCUT2D eigenvalue weighted by molar-refractivity contribution is 0.0956. The molecule has 0 unspecified atom stereocenters. The van der Waals surface area contributed by atoms with Crippen molar-refractivity contribution in [1.29, 1.82) is 0 Å². The van der Waals surface area contributed by atoms with Gasteiger partial charge in [0.15, 0.2) is 0 Å². The van der Waals surface area contributed by atoms with Crippen LogP contribution in [0.3, 0.4) is 0 Å². The Morgan fingerprint density at radius 1 is 0.967 bits per heavy atom. The lowest BCUT2D eigenvalue weighted by Crippen LogP contribution is -2.20. The fourth-order valence-corrected chi connectivity index (χ4v) is 3.11. The average Bonchev–Trinajstić information content (AvgIpc) is 2.77. The zero-order valence-electron chi connectivity index (χ0n) is 16.1. The number of phenolic OH excluding ortho intramolecular Hbond substituents is 2. The van der Waals surface area contributed by atoms with Crippen LogP contribution in [0.2, 0.25) is 0 Å². The summed E-state index contributed by atoms with van der Waals surface area (Å²) in [6.07, 6.45) is 3.34. The average molecular weight is 398 g/mol. The van der Waals surface area contributed by atoms with E-state index in [4.69, 9.17) is 0 Å². The van der Waals surface area contributed by atoms with E-state index in [1.165, 1.54) is 18.2 Å². The number of nitrogens with one attached hydrogen (secondary N) is 1. The molecule has 0 saturated carbocycles. The van der Waals surface area contributed by atoms with Crippen LogP contribution in [-0.2, 0) is 0 Å². The number of aromatic nitrogens is 2. The second-order valence-electron chi connectivity index (χ2n) is 6.65. The standard InChI is InChI=1S/C23H18N4O3/c1-14(17-7-6-16(28)12-22(17)29)26-27-23(30)19-13-21(15-8-10-24-11-9-15)25-20-5-3-2-4-18(19)20/h2-13,28-29H,1H3,(H,27,30)/b26-14+. The van der Waals surface area contributed by atoms with Crippen molar-refractivity contribution in [3.8, 4) is 22.8 Å². The molecular weight excluding hydrogens is 380 g/mol. The van der Waals surface area contributed by atoms with E-state index in [0.29, 0.717) is 33.4 Å². The van der Waals surface area contributed by atoms with Crippen molar-refractivity contribution >= 4 is 22.5 Å². The molecule has 0 radical (unpaired) electrons. The van der Waals surface area contributed by atoms with E-state index in [1.54, 1.807) is 25.4 Å². The van der Waals surface area contributed by atoms with E-state index >= 15 is 0 Å². The smallest absolute Gasteiger partial charge is 0.272 e. The Morgan fingerprint density at radius 3 is 2.50 bits per heavy atom. The van der Waals surface area contributed by atoms with Crippen molar-refractivity contribution in [3.63, 3.8) is 0 Å². The Bertz CT molecular complexity index is 1270. The molecule has 0 aliphatic rings. The molecule has 3 N–H and O–H groups in total. The van der Waals surface area contributed by atoms with Gasteiger partial charge in [0.2, 0.25) is 0 Å². The summed E-state index contributed by atoms with van der Waals surface area (Å²) in [5.41, 5.74) is 5.96. The van der Waals surface area contributed by atoms with Gasteiger partial charge >= 0.3 is 0 Å². The SMILES string of the molecule is C/C(=N\NC(=O)c1cc(-c2ccncc2)nc2ccccc12)c1ccc(O)cc1O. The number of hydrogen-bond acceptors (Lipinski definition) is 6. The van der Waals surface area contributed by atoms with Crippen molar-refractivity contribution in [2.24, 2.45) is 5.10 Å². The first-order valence-corrected chi connectivity index (χ1v) is 9.20. The van der Waals surface area contributed by atoms with Crippen LogP contribution in [0.4, 0.5) is 0 Å². The van der Waals surface area contributed by atoms with E-state index in [0.717, 1.165) is 5.56 Å². The number of benzene rings is 2. The van der Waals surface area contributed by atoms with E-state index in [2.05, 4.69) is 20.5 Å². The molecule has 7 nitrogen and oxygen atoms in total. The highest BCUT2D eigenvalue weighted by Gasteiger charge is 2.14. The minimum Gasteiger partial charge on any atom is -0.508 e. The lowest BCUT2D eigenvalue weighted by atomic mass is 10.0. The van der Waals surface area contributed by atoms with Gasteiger partial charge in [-0.25, -0.2) is 10.4 Å². The number of aromatic hydroxyl groups is 2. The van der Waals surface area contributed by atoms with Gasteiger partial charge in [-0.2, -0.15) is 5.10 Å². The van der Waals surface area contributed by atoms with Crippen LogP contribution in [0.5, 0.6) is 11.5 Å². The first-order valence-electron chi connectivity index (χ1n) is 9.20. The van der Waals surface area contributed by atoms with E-state index in [-0.39, 0.29) is 11.5 Å². The molecule has 7 heteroatoms. The zero-order valence-corrected chi connectivity index (χ0v) is 16.1. The van der Waals surface area contributed by atoms with Gasteiger partial charge in [0, 0.05) is 35.0 Å². The number of pyridine rings is 2. The maximum absolute atomic E-state index is 13.0. The van der Waals surface area contributed by atoms with Crippen LogP contribution in [-0.4, -0.2) is 31.8 Å². The van der Waals surface area contributed by atoms with Crippen molar-refractivity contribution in [2.45, 2.75) is 6.92 Å². The molecule has 0 fully saturated rings. The number of hydrogen-bond donors (Lipinski definition) is 3. The molecule has 0 saturated heterocycles. The quantitative estimate of drug-likeness (QED) is 0.357. The Morgan fingerprint density at radius 2 is 1.73 bits per heavy atom. The van der Waals surface area contributed by atoms with E-state index in [1.807, 2.05) is 36.4 Å². The molecule has 0 aliphatic heterocycles. The van der Waals surface area contributed by atoms with Crippen molar-refractivity contribution < 1.29 is 15.0 Å². The van der Waals surface area contributed by atoms with Crippen LogP contribution in [0.15, 0.2) is 78.2 Å². The summed E-state index contributed by atoms with van der Waals surface area (Å²) in [5, 5.41) is 24.2. The molecule has 30 heavy (non-hydrogen) atoms. The van der Waals surface area contributed by atoms with Gasteiger partial charge in [-0.05, 0) is 43.3 Å². The van der Waals surface area contributed by atoms with Gasteiger partial charge in [0.25, 0.3) is 5.91 Å².